The highest BCUT2D eigenvalue weighted by Gasteiger charge is 2.06. The molecule has 4 nitrogen and oxygen atoms in total. The molecule has 4 heteroatoms. The van der Waals surface area contributed by atoms with Crippen molar-refractivity contribution in [2.24, 2.45) is 0 Å². The van der Waals surface area contributed by atoms with Crippen molar-refractivity contribution < 1.29 is 9.53 Å². The van der Waals surface area contributed by atoms with Gasteiger partial charge in [0.2, 0.25) is 0 Å². The number of carbonyl (C=O) groups excluding carboxylic acids is 1. The van der Waals surface area contributed by atoms with Gasteiger partial charge in [-0.25, -0.2) is 9.97 Å². The first-order valence-electron chi connectivity index (χ1n) is 6.65. The molecule has 0 atom stereocenters. The summed E-state index contributed by atoms with van der Waals surface area (Å²) in [4.78, 5) is 19.8. The average molecular weight is 278 g/mol. The molecule has 0 saturated carbocycles. The molecule has 0 bridgehead atoms. The number of Topliss-reactive ketones (excluding diaryl/α,β-unsaturated/α-hetero) is 1. The van der Waals surface area contributed by atoms with Crippen LogP contribution in [0, 0.1) is 6.92 Å². The van der Waals surface area contributed by atoms with Gasteiger partial charge in [-0.05, 0) is 31.2 Å². The first-order valence-corrected chi connectivity index (χ1v) is 6.65. The number of pyridine rings is 2. The Kier molecular flexibility index (Phi) is 3.36. The van der Waals surface area contributed by atoms with Gasteiger partial charge >= 0.3 is 0 Å². The number of fused-ring (bicyclic) bond motifs is 1. The Morgan fingerprint density at radius 1 is 1.10 bits per heavy atom. The van der Waals surface area contributed by atoms with Crippen molar-refractivity contribution in [3.8, 4) is 11.5 Å². The highest BCUT2D eigenvalue weighted by atomic mass is 16.5. The summed E-state index contributed by atoms with van der Waals surface area (Å²) in [7, 11) is 0. The third kappa shape index (κ3) is 2.74. The van der Waals surface area contributed by atoms with Gasteiger partial charge in [-0.1, -0.05) is 18.2 Å². The Labute approximate surface area is 122 Å². The summed E-state index contributed by atoms with van der Waals surface area (Å²) in [6.45, 7) is 3.43. The van der Waals surface area contributed by atoms with E-state index in [0.717, 1.165) is 16.6 Å². The molecule has 104 valence electrons. The number of hydrogen-bond acceptors (Lipinski definition) is 4. The normalized spacial score (nSPS) is 10.6. The molecule has 0 N–H and O–H groups in total. The average Bonchev–Trinajstić information content (AvgIpc) is 2.48. The summed E-state index contributed by atoms with van der Waals surface area (Å²) in [5.74, 6) is 1.19. The van der Waals surface area contributed by atoms with Crippen LogP contribution in [0.4, 0.5) is 0 Å². The molecule has 2 heterocycles. The molecule has 3 rings (SSSR count). The molecule has 0 spiro atoms. The van der Waals surface area contributed by atoms with Gasteiger partial charge in [0.25, 0.3) is 0 Å². The van der Waals surface area contributed by atoms with Crippen molar-refractivity contribution >= 4 is 16.7 Å². The zero-order valence-electron chi connectivity index (χ0n) is 11.8. The predicted octanol–water partition coefficient (Wildman–Crippen LogP) is 3.93. The van der Waals surface area contributed by atoms with Gasteiger partial charge in [-0.2, -0.15) is 0 Å². The van der Waals surface area contributed by atoms with Gasteiger partial charge < -0.3 is 4.74 Å². The Morgan fingerprint density at radius 3 is 2.67 bits per heavy atom. The number of para-hydroxylation sites is 1. The van der Waals surface area contributed by atoms with E-state index in [-0.39, 0.29) is 5.78 Å². The van der Waals surface area contributed by atoms with Crippen LogP contribution in [0.1, 0.15) is 23.1 Å². The molecule has 0 radical (unpaired) electrons. The lowest BCUT2D eigenvalue weighted by atomic mass is 10.2. The topological polar surface area (TPSA) is 52.1 Å². The molecule has 0 unspecified atom stereocenters. The van der Waals surface area contributed by atoms with E-state index in [9.17, 15) is 4.79 Å². The van der Waals surface area contributed by atoms with Crippen molar-refractivity contribution in [2.75, 3.05) is 0 Å². The molecule has 21 heavy (non-hydrogen) atoms. The minimum atomic E-state index is -0.0657. The van der Waals surface area contributed by atoms with Crippen molar-refractivity contribution in [3.05, 3.63) is 60.0 Å². The number of aryl methyl sites for hydroxylation is 1. The first-order chi connectivity index (χ1) is 10.1. The molecule has 0 aliphatic rings. The van der Waals surface area contributed by atoms with Crippen LogP contribution in [0.5, 0.6) is 11.5 Å². The molecule has 2 aromatic heterocycles. The van der Waals surface area contributed by atoms with Crippen molar-refractivity contribution in [1.82, 2.24) is 9.97 Å². The largest absolute Gasteiger partial charge is 0.453 e. The van der Waals surface area contributed by atoms with Crippen molar-refractivity contribution in [3.63, 3.8) is 0 Å². The van der Waals surface area contributed by atoms with E-state index in [0.29, 0.717) is 17.2 Å². The molecule has 0 aliphatic carbocycles. The highest BCUT2D eigenvalue weighted by Crippen LogP contribution is 2.28. The van der Waals surface area contributed by atoms with E-state index in [2.05, 4.69) is 9.97 Å². The van der Waals surface area contributed by atoms with Crippen LogP contribution >= 0.6 is 0 Å². The van der Waals surface area contributed by atoms with Crippen LogP contribution in [0.2, 0.25) is 0 Å². The lowest BCUT2D eigenvalue weighted by Gasteiger charge is -2.08. The molecule has 1 aromatic carbocycles. The molecule has 0 fully saturated rings. The smallest absolute Gasteiger partial charge is 0.178 e. The summed E-state index contributed by atoms with van der Waals surface area (Å²) in [5, 5.41) is 1.02. The monoisotopic (exact) mass is 278 g/mol. The maximum Gasteiger partial charge on any atom is 0.178 e. The lowest BCUT2D eigenvalue weighted by Crippen LogP contribution is -1.96. The summed E-state index contributed by atoms with van der Waals surface area (Å²) >= 11 is 0. The molecule has 3 aromatic rings. The third-order valence-corrected chi connectivity index (χ3v) is 3.15. The van der Waals surface area contributed by atoms with Gasteiger partial charge in [0.15, 0.2) is 11.5 Å². The summed E-state index contributed by atoms with van der Waals surface area (Å²) in [6.07, 6.45) is 1.55. The standard InChI is InChI=1S/C17H14N2O2/c1-11-6-7-13-4-3-5-16(17(13)19-11)21-14-8-9-15(12(2)20)18-10-14/h3-10H,1-2H3. The zero-order chi connectivity index (χ0) is 14.8. The van der Waals surface area contributed by atoms with Gasteiger partial charge in [0.05, 0.1) is 6.20 Å². The van der Waals surface area contributed by atoms with Crippen LogP contribution < -0.4 is 4.74 Å². The predicted molar refractivity (Wildman–Crippen MR) is 80.8 cm³/mol. The van der Waals surface area contributed by atoms with Crippen LogP contribution in [0.3, 0.4) is 0 Å². The minimum Gasteiger partial charge on any atom is -0.453 e. The van der Waals surface area contributed by atoms with Crippen molar-refractivity contribution in [2.45, 2.75) is 13.8 Å². The number of ether oxygens (including phenoxy) is 1. The van der Waals surface area contributed by atoms with E-state index >= 15 is 0 Å². The summed E-state index contributed by atoms with van der Waals surface area (Å²) < 4.78 is 5.85. The first kappa shape index (κ1) is 13.2. The fourth-order valence-corrected chi connectivity index (χ4v) is 2.08. The van der Waals surface area contributed by atoms with E-state index in [4.69, 9.17) is 4.74 Å². The van der Waals surface area contributed by atoms with Gasteiger partial charge in [-0.15, -0.1) is 0 Å². The zero-order valence-corrected chi connectivity index (χ0v) is 11.8. The van der Waals surface area contributed by atoms with Gasteiger partial charge in [0, 0.05) is 18.0 Å². The number of hydrogen-bond donors (Lipinski definition) is 0. The second kappa shape index (κ2) is 5.32. The fourth-order valence-electron chi connectivity index (χ4n) is 2.08. The van der Waals surface area contributed by atoms with Crippen LogP contribution in [-0.4, -0.2) is 15.8 Å². The maximum absolute atomic E-state index is 11.2. The van der Waals surface area contributed by atoms with Crippen LogP contribution in [0.25, 0.3) is 10.9 Å². The number of carbonyl (C=O) groups is 1. The van der Waals surface area contributed by atoms with Crippen LogP contribution in [-0.2, 0) is 0 Å². The molecular weight excluding hydrogens is 264 g/mol. The Morgan fingerprint density at radius 2 is 1.95 bits per heavy atom. The van der Waals surface area contributed by atoms with E-state index in [1.807, 2.05) is 37.3 Å². The SMILES string of the molecule is CC(=O)c1ccc(Oc2cccc3ccc(C)nc23)cn1. The second-order valence-corrected chi connectivity index (χ2v) is 4.82. The number of benzene rings is 1. The number of aromatic nitrogens is 2. The third-order valence-electron chi connectivity index (χ3n) is 3.15. The van der Waals surface area contributed by atoms with Gasteiger partial charge in [0.1, 0.15) is 17.0 Å². The summed E-state index contributed by atoms with van der Waals surface area (Å²) in [6, 6.07) is 13.2. The molecule has 0 saturated heterocycles. The quantitative estimate of drug-likeness (QED) is 0.681. The van der Waals surface area contributed by atoms with Gasteiger partial charge in [-0.3, -0.25) is 4.79 Å². The van der Waals surface area contributed by atoms with E-state index < -0.39 is 0 Å². The lowest BCUT2D eigenvalue weighted by molar-refractivity contribution is 0.101. The molecule has 0 aliphatic heterocycles. The Balaban J connectivity index is 1.97. The number of nitrogens with zero attached hydrogens (tertiary/aromatic N) is 2. The summed E-state index contributed by atoms with van der Waals surface area (Å²) in [5.41, 5.74) is 2.17. The number of ketones is 1. The minimum absolute atomic E-state index is 0.0657. The fraction of sp³-hybridized carbons (Fsp3) is 0.118. The Hall–Kier alpha value is -2.75. The number of rotatable bonds is 3. The molecule has 0 amide bonds. The highest BCUT2D eigenvalue weighted by molar-refractivity contribution is 5.92. The van der Waals surface area contributed by atoms with Crippen LogP contribution in [0.15, 0.2) is 48.7 Å². The van der Waals surface area contributed by atoms with Crippen molar-refractivity contribution in [1.29, 1.82) is 0 Å². The Bertz CT molecular complexity index is 811. The molecular formula is C17H14N2O2. The maximum atomic E-state index is 11.2. The second-order valence-electron chi connectivity index (χ2n) is 4.82. The van der Waals surface area contributed by atoms with E-state index in [1.165, 1.54) is 6.92 Å². The van der Waals surface area contributed by atoms with E-state index in [1.54, 1.807) is 18.3 Å².